The number of ether oxygens (including phenoxy) is 1. The molecule has 3 rings (SSSR count). The van der Waals surface area contributed by atoms with Crippen molar-refractivity contribution in [2.75, 3.05) is 11.9 Å². The van der Waals surface area contributed by atoms with Crippen LogP contribution in [0, 0.1) is 11.3 Å². The zero-order valence-electron chi connectivity index (χ0n) is 12.3. The summed E-state index contributed by atoms with van der Waals surface area (Å²) in [5, 5.41) is 13.7. The van der Waals surface area contributed by atoms with Crippen molar-refractivity contribution in [3.8, 4) is 11.8 Å². The van der Waals surface area contributed by atoms with Crippen molar-refractivity contribution in [2.45, 2.75) is 0 Å². The van der Waals surface area contributed by atoms with Crippen LogP contribution in [0.3, 0.4) is 0 Å². The summed E-state index contributed by atoms with van der Waals surface area (Å²) in [6, 6.07) is 22.4. The van der Waals surface area contributed by atoms with E-state index in [1.54, 1.807) is 24.3 Å². The molecular formula is C19H14N2O2. The van der Waals surface area contributed by atoms with Gasteiger partial charge in [0.15, 0.2) is 6.61 Å². The van der Waals surface area contributed by atoms with Gasteiger partial charge in [0.05, 0.1) is 11.6 Å². The standard InChI is InChI=1S/C19H14N2O2/c20-12-14-5-8-17(9-6-14)21-19(22)13-23-18-10-7-15-3-1-2-4-16(15)11-18/h1-11H,13H2,(H,21,22). The van der Waals surface area contributed by atoms with E-state index >= 15 is 0 Å². The zero-order valence-corrected chi connectivity index (χ0v) is 12.3. The van der Waals surface area contributed by atoms with Crippen LogP contribution in [-0.2, 0) is 4.79 Å². The first kappa shape index (κ1) is 14.6. The number of rotatable bonds is 4. The normalized spacial score (nSPS) is 10.0. The summed E-state index contributed by atoms with van der Waals surface area (Å²) in [6.45, 7) is -0.0711. The quantitative estimate of drug-likeness (QED) is 0.798. The number of nitrogens with zero attached hydrogens (tertiary/aromatic N) is 1. The summed E-state index contributed by atoms with van der Waals surface area (Å²) in [5.74, 6) is 0.404. The number of carbonyl (C=O) groups is 1. The van der Waals surface area contributed by atoms with Gasteiger partial charge < -0.3 is 10.1 Å². The van der Waals surface area contributed by atoms with Gasteiger partial charge in [-0.3, -0.25) is 4.79 Å². The molecule has 0 unspecified atom stereocenters. The maximum atomic E-state index is 11.9. The molecule has 4 heteroatoms. The SMILES string of the molecule is N#Cc1ccc(NC(=O)COc2ccc3ccccc3c2)cc1. The maximum absolute atomic E-state index is 11.9. The number of hydrogen-bond acceptors (Lipinski definition) is 3. The highest BCUT2D eigenvalue weighted by atomic mass is 16.5. The molecule has 4 nitrogen and oxygen atoms in total. The molecule has 0 saturated heterocycles. The van der Waals surface area contributed by atoms with E-state index in [9.17, 15) is 4.79 Å². The van der Waals surface area contributed by atoms with E-state index in [1.807, 2.05) is 48.5 Å². The molecule has 3 aromatic carbocycles. The Morgan fingerprint density at radius 2 is 1.74 bits per heavy atom. The molecule has 0 radical (unpaired) electrons. The molecule has 23 heavy (non-hydrogen) atoms. The van der Waals surface area contributed by atoms with E-state index in [4.69, 9.17) is 10.00 Å². The molecule has 0 aromatic heterocycles. The van der Waals surface area contributed by atoms with Crippen molar-refractivity contribution in [3.63, 3.8) is 0 Å². The minimum atomic E-state index is -0.247. The highest BCUT2D eigenvalue weighted by Gasteiger charge is 2.04. The fourth-order valence-corrected chi connectivity index (χ4v) is 2.23. The average molecular weight is 302 g/mol. The lowest BCUT2D eigenvalue weighted by molar-refractivity contribution is -0.118. The topological polar surface area (TPSA) is 62.1 Å². The summed E-state index contributed by atoms with van der Waals surface area (Å²) in [7, 11) is 0. The number of benzene rings is 3. The van der Waals surface area contributed by atoms with Gasteiger partial charge in [-0.05, 0) is 47.2 Å². The number of fused-ring (bicyclic) bond motifs is 1. The summed E-state index contributed by atoms with van der Waals surface area (Å²) in [6.07, 6.45) is 0. The molecule has 112 valence electrons. The van der Waals surface area contributed by atoms with Crippen molar-refractivity contribution in [2.24, 2.45) is 0 Å². The molecule has 0 bridgehead atoms. The Balaban J connectivity index is 1.60. The van der Waals surface area contributed by atoms with Gasteiger partial charge in [-0.25, -0.2) is 0 Å². The van der Waals surface area contributed by atoms with Crippen molar-refractivity contribution >= 4 is 22.4 Å². The second-order valence-corrected chi connectivity index (χ2v) is 5.03. The Morgan fingerprint density at radius 1 is 1.00 bits per heavy atom. The molecule has 0 heterocycles. The summed E-state index contributed by atoms with van der Waals surface area (Å²) >= 11 is 0. The third-order valence-electron chi connectivity index (χ3n) is 3.39. The molecule has 3 aromatic rings. The van der Waals surface area contributed by atoms with E-state index in [-0.39, 0.29) is 12.5 Å². The third-order valence-corrected chi connectivity index (χ3v) is 3.39. The molecule has 0 atom stereocenters. The Kier molecular flexibility index (Phi) is 4.21. The first-order valence-electron chi connectivity index (χ1n) is 7.16. The summed E-state index contributed by atoms with van der Waals surface area (Å²) in [5.41, 5.74) is 1.19. The van der Waals surface area contributed by atoms with Crippen LogP contribution in [0.25, 0.3) is 10.8 Å². The number of amides is 1. The van der Waals surface area contributed by atoms with Gasteiger partial charge in [0.25, 0.3) is 5.91 Å². The van der Waals surface area contributed by atoms with E-state index in [0.29, 0.717) is 17.0 Å². The lowest BCUT2D eigenvalue weighted by Gasteiger charge is -2.08. The van der Waals surface area contributed by atoms with E-state index in [1.165, 1.54) is 0 Å². The summed E-state index contributed by atoms with van der Waals surface area (Å²) in [4.78, 5) is 11.9. The van der Waals surface area contributed by atoms with Gasteiger partial charge >= 0.3 is 0 Å². The number of carbonyl (C=O) groups excluding carboxylic acids is 1. The number of nitrogens with one attached hydrogen (secondary N) is 1. The minimum Gasteiger partial charge on any atom is -0.484 e. The fourth-order valence-electron chi connectivity index (χ4n) is 2.23. The lowest BCUT2D eigenvalue weighted by Crippen LogP contribution is -2.20. The second-order valence-electron chi connectivity index (χ2n) is 5.03. The smallest absolute Gasteiger partial charge is 0.262 e. The molecule has 0 fully saturated rings. The Morgan fingerprint density at radius 3 is 2.48 bits per heavy atom. The lowest BCUT2D eigenvalue weighted by atomic mass is 10.1. The Hall–Kier alpha value is -3.32. The van der Waals surface area contributed by atoms with Crippen LogP contribution in [-0.4, -0.2) is 12.5 Å². The van der Waals surface area contributed by atoms with E-state index in [2.05, 4.69) is 5.32 Å². The molecule has 0 spiro atoms. The van der Waals surface area contributed by atoms with Crippen molar-refractivity contribution in [3.05, 3.63) is 72.3 Å². The molecule has 0 saturated carbocycles. The highest BCUT2D eigenvalue weighted by Crippen LogP contribution is 2.20. The van der Waals surface area contributed by atoms with Gasteiger partial charge in [0.1, 0.15) is 5.75 Å². The Labute approximate surface area is 133 Å². The van der Waals surface area contributed by atoms with Crippen LogP contribution in [0.2, 0.25) is 0 Å². The molecular weight excluding hydrogens is 288 g/mol. The van der Waals surface area contributed by atoms with Gasteiger partial charge in [-0.1, -0.05) is 30.3 Å². The van der Waals surface area contributed by atoms with Gasteiger partial charge in [-0.15, -0.1) is 0 Å². The van der Waals surface area contributed by atoms with Gasteiger partial charge in [-0.2, -0.15) is 5.26 Å². The largest absolute Gasteiger partial charge is 0.484 e. The first-order chi connectivity index (χ1) is 11.2. The molecule has 1 amide bonds. The monoisotopic (exact) mass is 302 g/mol. The molecule has 0 aliphatic heterocycles. The Bertz CT molecular complexity index is 880. The minimum absolute atomic E-state index is 0.0711. The van der Waals surface area contributed by atoms with Crippen molar-refractivity contribution in [1.29, 1.82) is 5.26 Å². The first-order valence-corrected chi connectivity index (χ1v) is 7.16. The van der Waals surface area contributed by atoms with Gasteiger partial charge in [0, 0.05) is 5.69 Å². The number of hydrogen-bond donors (Lipinski definition) is 1. The van der Waals surface area contributed by atoms with Crippen molar-refractivity contribution in [1.82, 2.24) is 0 Å². The predicted molar refractivity (Wildman–Crippen MR) is 89.2 cm³/mol. The summed E-state index contributed by atoms with van der Waals surface area (Å²) < 4.78 is 5.53. The van der Waals surface area contributed by atoms with Crippen molar-refractivity contribution < 1.29 is 9.53 Å². The highest BCUT2D eigenvalue weighted by molar-refractivity contribution is 5.92. The van der Waals surface area contributed by atoms with Crippen LogP contribution in [0.4, 0.5) is 5.69 Å². The zero-order chi connectivity index (χ0) is 16.1. The van der Waals surface area contributed by atoms with E-state index < -0.39 is 0 Å². The predicted octanol–water partition coefficient (Wildman–Crippen LogP) is 3.73. The fraction of sp³-hybridized carbons (Fsp3) is 0.0526. The third kappa shape index (κ3) is 3.66. The molecule has 0 aliphatic rings. The maximum Gasteiger partial charge on any atom is 0.262 e. The van der Waals surface area contributed by atoms with Crippen LogP contribution in [0.15, 0.2) is 66.7 Å². The van der Waals surface area contributed by atoms with Crippen LogP contribution in [0.5, 0.6) is 5.75 Å². The average Bonchev–Trinajstić information content (AvgIpc) is 2.60. The second kappa shape index (κ2) is 6.63. The number of anilines is 1. The van der Waals surface area contributed by atoms with E-state index in [0.717, 1.165) is 10.8 Å². The van der Waals surface area contributed by atoms with Crippen LogP contribution in [0.1, 0.15) is 5.56 Å². The van der Waals surface area contributed by atoms with Crippen LogP contribution >= 0.6 is 0 Å². The molecule has 0 aliphatic carbocycles. The van der Waals surface area contributed by atoms with Gasteiger partial charge in [0.2, 0.25) is 0 Å². The molecule has 1 N–H and O–H groups in total. The number of nitriles is 1. The van der Waals surface area contributed by atoms with Crippen LogP contribution < -0.4 is 10.1 Å².